The summed E-state index contributed by atoms with van der Waals surface area (Å²) in [5, 5.41) is 8.68. The van der Waals surface area contributed by atoms with Crippen LogP contribution in [0.25, 0.3) is 0 Å². The van der Waals surface area contributed by atoms with Crippen LogP contribution in [0.5, 0.6) is 0 Å². The summed E-state index contributed by atoms with van der Waals surface area (Å²) in [6.45, 7) is 4.05. The quantitative estimate of drug-likeness (QED) is 0.933. The molecule has 20 heavy (non-hydrogen) atoms. The van der Waals surface area contributed by atoms with Crippen LogP contribution in [0.15, 0.2) is 30.3 Å². The lowest BCUT2D eigenvalue weighted by atomic mass is 9.92. The fourth-order valence-corrected chi connectivity index (χ4v) is 3.24. The van der Waals surface area contributed by atoms with Crippen molar-refractivity contribution in [1.82, 2.24) is 14.8 Å². The summed E-state index contributed by atoms with van der Waals surface area (Å²) in [7, 11) is 0. The summed E-state index contributed by atoms with van der Waals surface area (Å²) in [5.41, 5.74) is 7.09. The molecule has 3 rings (SSSR count). The zero-order valence-electron chi connectivity index (χ0n) is 12.2. The third kappa shape index (κ3) is 2.14. The van der Waals surface area contributed by atoms with Crippen molar-refractivity contribution in [1.29, 1.82) is 0 Å². The lowest BCUT2D eigenvalue weighted by Gasteiger charge is -2.27. The summed E-state index contributed by atoms with van der Waals surface area (Å²) in [6.07, 6.45) is 4.98. The molecule has 0 radical (unpaired) electrons. The van der Waals surface area contributed by atoms with Gasteiger partial charge in [0.15, 0.2) is 5.82 Å². The second kappa shape index (κ2) is 5.02. The fourth-order valence-electron chi connectivity index (χ4n) is 3.24. The van der Waals surface area contributed by atoms with Crippen LogP contribution in [-0.4, -0.2) is 14.8 Å². The second-order valence-electron chi connectivity index (χ2n) is 5.95. The van der Waals surface area contributed by atoms with Gasteiger partial charge in [-0.15, -0.1) is 10.2 Å². The second-order valence-corrected chi connectivity index (χ2v) is 5.95. The third-order valence-corrected chi connectivity index (χ3v) is 4.39. The molecule has 1 unspecified atom stereocenters. The largest absolute Gasteiger partial charge is 0.315 e. The molecule has 0 bridgehead atoms. The monoisotopic (exact) mass is 270 g/mol. The molecule has 2 N–H and O–H groups in total. The number of nitrogens with two attached hydrogens (primary N) is 1. The van der Waals surface area contributed by atoms with Crippen molar-refractivity contribution in [3.8, 4) is 0 Å². The van der Waals surface area contributed by atoms with Crippen LogP contribution >= 0.6 is 0 Å². The van der Waals surface area contributed by atoms with Crippen LogP contribution < -0.4 is 5.73 Å². The maximum absolute atomic E-state index is 6.62. The van der Waals surface area contributed by atoms with Crippen LogP contribution in [0.4, 0.5) is 0 Å². The molecule has 1 aliphatic carbocycles. The van der Waals surface area contributed by atoms with E-state index < -0.39 is 5.54 Å². The van der Waals surface area contributed by atoms with E-state index in [1.165, 1.54) is 25.7 Å². The molecule has 106 valence electrons. The third-order valence-electron chi connectivity index (χ3n) is 4.39. The molecule has 0 saturated heterocycles. The van der Waals surface area contributed by atoms with E-state index in [-0.39, 0.29) is 0 Å². The van der Waals surface area contributed by atoms with Crippen LogP contribution in [-0.2, 0) is 5.54 Å². The van der Waals surface area contributed by atoms with Gasteiger partial charge < -0.3 is 10.3 Å². The molecule has 1 aliphatic rings. The number of nitrogens with zero attached hydrogens (tertiary/aromatic N) is 3. The lowest BCUT2D eigenvalue weighted by molar-refractivity contribution is 0.436. The Morgan fingerprint density at radius 2 is 1.80 bits per heavy atom. The Morgan fingerprint density at radius 3 is 2.45 bits per heavy atom. The van der Waals surface area contributed by atoms with Crippen LogP contribution in [0, 0.1) is 6.92 Å². The molecule has 1 atom stereocenters. The first-order valence-electron chi connectivity index (χ1n) is 7.37. The van der Waals surface area contributed by atoms with Gasteiger partial charge in [0.1, 0.15) is 5.82 Å². The van der Waals surface area contributed by atoms with Gasteiger partial charge in [0.25, 0.3) is 0 Å². The maximum atomic E-state index is 6.62. The number of hydrogen-bond acceptors (Lipinski definition) is 3. The van der Waals surface area contributed by atoms with Crippen molar-refractivity contribution in [2.24, 2.45) is 5.73 Å². The van der Waals surface area contributed by atoms with E-state index in [9.17, 15) is 0 Å². The Hall–Kier alpha value is -1.68. The summed E-state index contributed by atoms with van der Waals surface area (Å²) in [5.74, 6) is 1.85. The Balaban J connectivity index is 2.06. The highest BCUT2D eigenvalue weighted by Gasteiger charge is 2.33. The SMILES string of the molecule is Cc1nnc(C(C)(N)c2ccccc2)n1C1CCCC1. The highest BCUT2D eigenvalue weighted by Crippen LogP contribution is 2.34. The van der Waals surface area contributed by atoms with Gasteiger partial charge in [-0.1, -0.05) is 43.2 Å². The molecule has 0 spiro atoms. The van der Waals surface area contributed by atoms with Crippen molar-refractivity contribution in [3.05, 3.63) is 47.5 Å². The molecule has 1 saturated carbocycles. The van der Waals surface area contributed by atoms with Crippen LogP contribution in [0.3, 0.4) is 0 Å². The van der Waals surface area contributed by atoms with E-state index in [1.807, 2.05) is 32.0 Å². The van der Waals surface area contributed by atoms with Crippen molar-refractivity contribution in [2.45, 2.75) is 51.1 Å². The highest BCUT2D eigenvalue weighted by molar-refractivity contribution is 5.30. The van der Waals surface area contributed by atoms with Gasteiger partial charge in [0, 0.05) is 6.04 Å². The van der Waals surface area contributed by atoms with Gasteiger partial charge >= 0.3 is 0 Å². The van der Waals surface area contributed by atoms with E-state index in [1.54, 1.807) is 0 Å². The average Bonchev–Trinajstić information content (AvgIpc) is 3.08. The van der Waals surface area contributed by atoms with Gasteiger partial charge in [-0.25, -0.2) is 0 Å². The van der Waals surface area contributed by atoms with Crippen molar-refractivity contribution in [2.75, 3.05) is 0 Å². The summed E-state index contributed by atoms with van der Waals surface area (Å²) < 4.78 is 2.26. The number of aryl methyl sites for hydroxylation is 1. The molecule has 4 nitrogen and oxygen atoms in total. The first kappa shape index (κ1) is 13.3. The topological polar surface area (TPSA) is 56.7 Å². The van der Waals surface area contributed by atoms with Crippen molar-refractivity contribution < 1.29 is 0 Å². The molecule has 1 aromatic carbocycles. The van der Waals surface area contributed by atoms with E-state index in [0.29, 0.717) is 6.04 Å². The predicted molar refractivity (Wildman–Crippen MR) is 79.3 cm³/mol. The van der Waals surface area contributed by atoms with Gasteiger partial charge in [-0.05, 0) is 32.3 Å². The molecule has 1 aromatic heterocycles. The zero-order chi connectivity index (χ0) is 14.2. The zero-order valence-corrected chi connectivity index (χ0v) is 12.2. The minimum absolute atomic E-state index is 0.506. The standard InChI is InChI=1S/C16H22N4/c1-12-18-19-15(20(12)14-10-6-7-11-14)16(2,17)13-8-4-3-5-9-13/h3-5,8-9,14H,6-7,10-11,17H2,1-2H3. The Kier molecular flexibility index (Phi) is 3.34. The minimum atomic E-state index is -0.606. The smallest absolute Gasteiger partial charge is 0.157 e. The molecule has 1 heterocycles. The Labute approximate surface area is 120 Å². The van der Waals surface area contributed by atoms with Gasteiger partial charge in [-0.2, -0.15) is 0 Å². The van der Waals surface area contributed by atoms with Gasteiger partial charge in [0.2, 0.25) is 0 Å². The molecular weight excluding hydrogens is 248 g/mol. The van der Waals surface area contributed by atoms with Crippen molar-refractivity contribution >= 4 is 0 Å². The minimum Gasteiger partial charge on any atom is -0.315 e. The maximum Gasteiger partial charge on any atom is 0.157 e. The Morgan fingerprint density at radius 1 is 1.15 bits per heavy atom. The van der Waals surface area contributed by atoms with Crippen LogP contribution in [0.2, 0.25) is 0 Å². The fraction of sp³-hybridized carbons (Fsp3) is 0.500. The normalized spacial score (nSPS) is 19.1. The van der Waals surface area contributed by atoms with E-state index >= 15 is 0 Å². The molecule has 2 aromatic rings. The van der Waals surface area contributed by atoms with Gasteiger partial charge in [-0.3, -0.25) is 0 Å². The van der Waals surface area contributed by atoms with E-state index in [0.717, 1.165) is 17.2 Å². The molecule has 0 aliphatic heterocycles. The summed E-state index contributed by atoms with van der Waals surface area (Å²) in [4.78, 5) is 0. The molecule has 1 fully saturated rings. The van der Waals surface area contributed by atoms with Crippen molar-refractivity contribution in [3.63, 3.8) is 0 Å². The summed E-state index contributed by atoms with van der Waals surface area (Å²) in [6, 6.07) is 10.7. The first-order valence-corrected chi connectivity index (χ1v) is 7.37. The number of benzene rings is 1. The lowest BCUT2D eigenvalue weighted by Crippen LogP contribution is -2.38. The summed E-state index contributed by atoms with van der Waals surface area (Å²) >= 11 is 0. The highest BCUT2D eigenvalue weighted by atomic mass is 15.3. The van der Waals surface area contributed by atoms with E-state index in [2.05, 4.69) is 26.9 Å². The molecule has 4 heteroatoms. The Bertz CT molecular complexity index is 580. The first-order chi connectivity index (χ1) is 9.60. The van der Waals surface area contributed by atoms with Gasteiger partial charge in [0.05, 0.1) is 5.54 Å². The molecule has 0 amide bonds. The number of aromatic nitrogens is 3. The number of rotatable bonds is 3. The number of hydrogen-bond donors (Lipinski definition) is 1. The predicted octanol–water partition coefficient (Wildman–Crippen LogP) is 2.92. The van der Waals surface area contributed by atoms with Crippen LogP contribution in [0.1, 0.15) is 55.9 Å². The van der Waals surface area contributed by atoms with E-state index in [4.69, 9.17) is 5.73 Å². The average molecular weight is 270 g/mol. The molecular formula is C16H22N4.